The zero-order chi connectivity index (χ0) is 19.7. The first-order chi connectivity index (χ1) is 12.8. The van der Waals surface area contributed by atoms with Crippen molar-refractivity contribution >= 4 is 23.4 Å². The molecule has 27 heavy (non-hydrogen) atoms. The Morgan fingerprint density at radius 3 is 2.33 bits per heavy atom. The summed E-state index contributed by atoms with van der Waals surface area (Å²) in [5.41, 5.74) is 0.865. The number of anilines is 1. The highest BCUT2D eigenvalue weighted by Crippen LogP contribution is 2.37. The number of halogens is 1. The van der Waals surface area contributed by atoms with Crippen LogP contribution in [0.15, 0.2) is 30.4 Å². The lowest BCUT2D eigenvalue weighted by atomic mass is 9.85. The van der Waals surface area contributed by atoms with Gasteiger partial charge in [-0.3, -0.25) is 19.3 Å². The smallest absolute Gasteiger partial charge is 0.247 e. The number of carbonyl (C=O) groups excluding carboxylic acids is 3. The Kier molecular flexibility index (Phi) is 5.44. The van der Waals surface area contributed by atoms with Crippen LogP contribution in [-0.2, 0) is 14.4 Å². The van der Waals surface area contributed by atoms with E-state index in [-0.39, 0.29) is 35.3 Å². The fraction of sp³-hybridized carbons (Fsp3) is 0.476. The van der Waals surface area contributed by atoms with Crippen molar-refractivity contribution in [3.05, 3.63) is 41.7 Å². The predicted octanol–water partition coefficient (Wildman–Crippen LogP) is 3.44. The summed E-state index contributed by atoms with van der Waals surface area (Å²) in [6, 6.07) is 3.50. The standard InChI is InChI=1S/C21H25FN2O3/c1-12(2)10-18(19(25)23-17-11-13(3)8-9-16(17)22)24-20(26)14-6-4-5-7-15(14)21(24)27/h4-5,8-9,11-12,14-15,18H,6-7,10H2,1-3H3,(H,23,25). The van der Waals surface area contributed by atoms with E-state index in [1.807, 2.05) is 26.0 Å². The third-order valence-corrected chi connectivity index (χ3v) is 5.23. The number of aryl methyl sites for hydroxylation is 1. The zero-order valence-corrected chi connectivity index (χ0v) is 15.9. The van der Waals surface area contributed by atoms with Crippen LogP contribution >= 0.6 is 0 Å². The van der Waals surface area contributed by atoms with E-state index >= 15 is 0 Å². The highest BCUT2D eigenvalue weighted by molar-refractivity contribution is 6.10. The van der Waals surface area contributed by atoms with Gasteiger partial charge >= 0.3 is 0 Å². The Morgan fingerprint density at radius 2 is 1.78 bits per heavy atom. The largest absolute Gasteiger partial charge is 0.322 e. The fourth-order valence-corrected chi connectivity index (χ4v) is 3.86. The van der Waals surface area contributed by atoms with Crippen molar-refractivity contribution in [1.29, 1.82) is 0 Å². The number of hydrogen-bond donors (Lipinski definition) is 1. The number of benzene rings is 1. The SMILES string of the molecule is Cc1ccc(F)c(NC(=O)C(CC(C)C)N2C(=O)C3CC=CCC3C2=O)c1. The van der Waals surface area contributed by atoms with Crippen molar-refractivity contribution in [2.24, 2.45) is 17.8 Å². The second-order valence-electron chi connectivity index (χ2n) is 7.82. The van der Waals surface area contributed by atoms with Gasteiger partial charge in [0.05, 0.1) is 17.5 Å². The van der Waals surface area contributed by atoms with E-state index in [0.717, 1.165) is 10.5 Å². The molecule has 0 radical (unpaired) electrons. The molecule has 144 valence electrons. The van der Waals surface area contributed by atoms with Crippen LogP contribution in [0.4, 0.5) is 10.1 Å². The maximum Gasteiger partial charge on any atom is 0.247 e. The highest BCUT2D eigenvalue weighted by atomic mass is 19.1. The van der Waals surface area contributed by atoms with Gasteiger partial charge in [0.1, 0.15) is 11.9 Å². The molecule has 0 saturated carbocycles. The Bertz CT molecular complexity index is 777. The van der Waals surface area contributed by atoms with E-state index in [1.165, 1.54) is 12.1 Å². The number of fused-ring (bicyclic) bond motifs is 1. The van der Waals surface area contributed by atoms with Crippen LogP contribution in [-0.4, -0.2) is 28.7 Å². The van der Waals surface area contributed by atoms with Crippen LogP contribution in [0.25, 0.3) is 0 Å². The van der Waals surface area contributed by atoms with Gasteiger partial charge in [-0.05, 0) is 49.8 Å². The number of carbonyl (C=O) groups is 3. The molecule has 1 aliphatic heterocycles. The van der Waals surface area contributed by atoms with E-state index in [1.54, 1.807) is 13.0 Å². The van der Waals surface area contributed by atoms with E-state index in [4.69, 9.17) is 0 Å². The molecule has 1 aromatic carbocycles. The lowest BCUT2D eigenvalue weighted by Gasteiger charge is -2.27. The average Bonchev–Trinajstić information content (AvgIpc) is 2.87. The first-order valence-corrected chi connectivity index (χ1v) is 9.38. The normalized spacial score (nSPS) is 22.9. The number of likely N-dealkylation sites (tertiary alicyclic amines) is 1. The second kappa shape index (κ2) is 7.62. The number of hydrogen-bond acceptors (Lipinski definition) is 3. The van der Waals surface area contributed by atoms with Gasteiger partial charge in [0, 0.05) is 0 Å². The summed E-state index contributed by atoms with van der Waals surface area (Å²) < 4.78 is 14.1. The zero-order valence-electron chi connectivity index (χ0n) is 15.9. The van der Waals surface area contributed by atoms with Crippen molar-refractivity contribution < 1.29 is 18.8 Å². The molecule has 1 heterocycles. The number of allylic oxidation sites excluding steroid dienone is 2. The van der Waals surface area contributed by atoms with Crippen molar-refractivity contribution in [3.63, 3.8) is 0 Å². The molecule has 3 rings (SSSR count). The summed E-state index contributed by atoms with van der Waals surface area (Å²) in [5.74, 6) is -2.35. The Hall–Kier alpha value is -2.50. The number of nitrogens with zero attached hydrogens (tertiary/aromatic N) is 1. The van der Waals surface area contributed by atoms with Gasteiger partial charge in [0.25, 0.3) is 0 Å². The maximum atomic E-state index is 14.1. The van der Waals surface area contributed by atoms with Crippen molar-refractivity contribution in [3.8, 4) is 0 Å². The minimum atomic E-state index is -0.935. The van der Waals surface area contributed by atoms with Crippen LogP contribution in [0.2, 0.25) is 0 Å². The molecular formula is C21H25FN2O3. The van der Waals surface area contributed by atoms with Crippen LogP contribution in [0, 0.1) is 30.5 Å². The first kappa shape index (κ1) is 19.3. The summed E-state index contributed by atoms with van der Waals surface area (Å²) in [5, 5.41) is 2.58. The summed E-state index contributed by atoms with van der Waals surface area (Å²) >= 11 is 0. The molecule has 1 aromatic rings. The Balaban J connectivity index is 1.87. The third kappa shape index (κ3) is 3.80. The number of imide groups is 1. The number of nitrogens with one attached hydrogen (secondary N) is 1. The van der Waals surface area contributed by atoms with Crippen molar-refractivity contribution in [2.45, 2.75) is 46.1 Å². The van der Waals surface area contributed by atoms with Gasteiger partial charge in [-0.25, -0.2) is 4.39 Å². The summed E-state index contributed by atoms with van der Waals surface area (Å²) in [7, 11) is 0. The van der Waals surface area contributed by atoms with Crippen molar-refractivity contribution in [2.75, 3.05) is 5.32 Å². The second-order valence-corrected chi connectivity index (χ2v) is 7.82. The third-order valence-electron chi connectivity index (χ3n) is 5.23. The molecular weight excluding hydrogens is 347 g/mol. The fourth-order valence-electron chi connectivity index (χ4n) is 3.86. The van der Waals surface area contributed by atoms with Crippen LogP contribution < -0.4 is 5.32 Å². The van der Waals surface area contributed by atoms with E-state index < -0.39 is 17.8 Å². The molecule has 1 saturated heterocycles. The molecule has 0 aromatic heterocycles. The first-order valence-electron chi connectivity index (χ1n) is 9.38. The van der Waals surface area contributed by atoms with Gasteiger partial charge in [-0.2, -0.15) is 0 Å². The quantitative estimate of drug-likeness (QED) is 0.636. The van der Waals surface area contributed by atoms with E-state index in [2.05, 4.69) is 5.32 Å². The van der Waals surface area contributed by atoms with E-state index in [9.17, 15) is 18.8 Å². The molecule has 0 bridgehead atoms. The molecule has 1 fully saturated rings. The number of rotatable bonds is 5. The molecule has 2 aliphatic rings. The summed E-state index contributed by atoms with van der Waals surface area (Å²) in [6.45, 7) is 5.65. The molecule has 1 aliphatic carbocycles. The van der Waals surface area contributed by atoms with Gasteiger partial charge in [-0.15, -0.1) is 0 Å². The monoisotopic (exact) mass is 372 g/mol. The minimum Gasteiger partial charge on any atom is -0.322 e. The van der Waals surface area contributed by atoms with Gasteiger partial charge in [0.15, 0.2) is 0 Å². The summed E-state index contributed by atoms with van der Waals surface area (Å²) in [4.78, 5) is 39.8. The molecule has 1 N–H and O–H groups in total. The van der Waals surface area contributed by atoms with Gasteiger partial charge < -0.3 is 5.32 Å². The lowest BCUT2D eigenvalue weighted by molar-refractivity contribution is -0.147. The van der Waals surface area contributed by atoms with Crippen LogP contribution in [0.3, 0.4) is 0 Å². The van der Waals surface area contributed by atoms with E-state index in [0.29, 0.717) is 19.3 Å². The summed E-state index contributed by atoms with van der Waals surface area (Å²) in [6.07, 6.45) is 5.21. The van der Waals surface area contributed by atoms with Gasteiger partial charge in [0.2, 0.25) is 17.7 Å². The van der Waals surface area contributed by atoms with Crippen LogP contribution in [0.5, 0.6) is 0 Å². The lowest BCUT2D eigenvalue weighted by Crippen LogP contribution is -2.48. The van der Waals surface area contributed by atoms with Gasteiger partial charge in [-0.1, -0.05) is 32.1 Å². The predicted molar refractivity (Wildman–Crippen MR) is 100 cm³/mol. The highest BCUT2D eigenvalue weighted by Gasteiger charge is 2.51. The minimum absolute atomic E-state index is 0.0620. The molecule has 3 unspecified atom stereocenters. The molecule has 5 nitrogen and oxygen atoms in total. The Labute approximate surface area is 158 Å². The average molecular weight is 372 g/mol. The van der Waals surface area contributed by atoms with Crippen molar-refractivity contribution in [1.82, 2.24) is 4.90 Å². The molecule has 3 atom stereocenters. The molecule has 6 heteroatoms. The maximum absolute atomic E-state index is 14.1. The van der Waals surface area contributed by atoms with Crippen LogP contribution in [0.1, 0.15) is 38.7 Å². The number of amides is 3. The topological polar surface area (TPSA) is 66.5 Å². The Morgan fingerprint density at radius 1 is 1.19 bits per heavy atom. The molecule has 0 spiro atoms. The molecule has 3 amide bonds.